The van der Waals surface area contributed by atoms with Gasteiger partial charge >= 0.3 is 0 Å². The summed E-state index contributed by atoms with van der Waals surface area (Å²) in [7, 11) is 0. The maximum absolute atomic E-state index is 14.6. The second-order valence-corrected chi connectivity index (χ2v) is 8.38. The van der Waals surface area contributed by atoms with Gasteiger partial charge in [-0.15, -0.1) is 0 Å². The molecule has 1 saturated carbocycles. The van der Waals surface area contributed by atoms with Crippen molar-refractivity contribution in [3.05, 3.63) is 36.4 Å². The van der Waals surface area contributed by atoms with Gasteiger partial charge in [-0.2, -0.15) is 0 Å². The van der Waals surface area contributed by atoms with Gasteiger partial charge < -0.3 is 16.0 Å². The van der Waals surface area contributed by atoms with Gasteiger partial charge in [-0.1, -0.05) is 18.7 Å². The molecule has 1 aromatic heterocycles. The zero-order chi connectivity index (χ0) is 19.0. The second-order valence-electron chi connectivity index (χ2n) is 7.28. The molecule has 1 aliphatic heterocycles. The molecule has 0 spiro atoms. The Morgan fingerprint density at radius 2 is 2.04 bits per heavy atom. The van der Waals surface area contributed by atoms with Gasteiger partial charge in [-0.3, -0.25) is 4.79 Å². The van der Waals surface area contributed by atoms with Crippen LogP contribution in [0.5, 0.6) is 0 Å². The summed E-state index contributed by atoms with van der Waals surface area (Å²) in [6.45, 7) is 2.70. The number of pyridine rings is 1. The van der Waals surface area contributed by atoms with Crippen molar-refractivity contribution in [3.8, 4) is 0 Å². The first-order valence-electron chi connectivity index (χ1n) is 9.24. The van der Waals surface area contributed by atoms with E-state index in [9.17, 15) is 9.18 Å². The van der Waals surface area contributed by atoms with Gasteiger partial charge in [-0.05, 0) is 49.1 Å². The minimum absolute atomic E-state index is 0.0118. The van der Waals surface area contributed by atoms with Crippen LogP contribution in [0, 0.1) is 5.92 Å². The van der Waals surface area contributed by atoms with Crippen LogP contribution < -0.4 is 16.0 Å². The third-order valence-corrected chi connectivity index (χ3v) is 6.00. The number of hydrogen-bond donors (Lipinski definition) is 2. The lowest BCUT2D eigenvalue weighted by molar-refractivity contribution is -0.115. The number of nitrogens with one attached hydrogen (secondary N) is 1. The van der Waals surface area contributed by atoms with Crippen LogP contribution in [0.3, 0.4) is 0 Å². The number of rotatable bonds is 6. The van der Waals surface area contributed by atoms with Crippen molar-refractivity contribution >= 4 is 34.9 Å². The SMILES string of the molecule is CCC(=O)Nc1ccc(Sc2cc(N3CC(F)(C4CC4)C3)cc(N)n2)cc1. The third kappa shape index (κ3) is 4.03. The zero-order valence-electron chi connectivity index (χ0n) is 15.2. The lowest BCUT2D eigenvalue weighted by Gasteiger charge is -2.46. The molecule has 7 heteroatoms. The highest BCUT2D eigenvalue weighted by Crippen LogP contribution is 2.48. The summed E-state index contributed by atoms with van der Waals surface area (Å²) in [5.41, 5.74) is 6.64. The highest BCUT2D eigenvalue weighted by Gasteiger charge is 2.54. The first-order valence-corrected chi connectivity index (χ1v) is 10.1. The Balaban J connectivity index is 1.43. The molecular weight excluding hydrogens is 363 g/mol. The number of nitrogens with zero attached hydrogens (tertiary/aromatic N) is 2. The van der Waals surface area contributed by atoms with Gasteiger partial charge in [-0.25, -0.2) is 9.37 Å². The fourth-order valence-electron chi connectivity index (χ4n) is 3.35. The monoisotopic (exact) mass is 386 g/mol. The Hall–Kier alpha value is -2.28. The fraction of sp³-hybridized carbons (Fsp3) is 0.400. The Kier molecular flexibility index (Phi) is 4.72. The predicted molar refractivity (Wildman–Crippen MR) is 107 cm³/mol. The zero-order valence-corrected chi connectivity index (χ0v) is 16.1. The van der Waals surface area contributed by atoms with Gasteiger partial charge in [0.15, 0.2) is 0 Å². The molecule has 0 radical (unpaired) electrons. The van der Waals surface area contributed by atoms with Crippen molar-refractivity contribution in [1.82, 2.24) is 4.98 Å². The van der Waals surface area contributed by atoms with E-state index in [0.29, 0.717) is 25.3 Å². The van der Waals surface area contributed by atoms with Crippen LogP contribution in [-0.2, 0) is 4.79 Å². The Labute approximate surface area is 162 Å². The minimum Gasteiger partial charge on any atom is -0.384 e. The molecule has 1 amide bonds. The van der Waals surface area contributed by atoms with Gasteiger partial charge in [0, 0.05) is 28.8 Å². The number of carbonyl (C=O) groups is 1. The van der Waals surface area contributed by atoms with Gasteiger partial charge in [0.2, 0.25) is 5.91 Å². The average molecular weight is 386 g/mol. The summed E-state index contributed by atoms with van der Waals surface area (Å²) < 4.78 is 14.6. The number of hydrogen-bond acceptors (Lipinski definition) is 5. The van der Waals surface area contributed by atoms with Crippen LogP contribution in [0.15, 0.2) is 46.3 Å². The number of carbonyl (C=O) groups excluding carboxylic acids is 1. The first-order chi connectivity index (χ1) is 12.9. The molecule has 0 unspecified atom stereocenters. The molecule has 2 aromatic rings. The van der Waals surface area contributed by atoms with E-state index in [1.54, 1.807) is 6.07 Å². The predicted octanol–water partition coefficient (Wildman–Crippen LogP) is 4.10. The second kappa shape index (κ2) is 7.03. The van der Waals surface area contributed by atoms with Crippen molar-refractivity contribution in [1.29, 1.82) is 0 Å². The summed E-state index contributed by atoms with van der Waals surface area (Å²) in [6.07, 6.45) is 2.47. The molecule has 3 N–H and O–H groups in total. The largest absolute Gasteiger partial charge is 0.384 e. The lowest BCUT2D eigenvalue weighted by atomic mass is 9.90. The van der Waals surface area contributed by atoms with E-state index in [1.165, 1.54) is 11.8 Å². The first kappa shape index (κ1) is 18.1. The van der Waals surface area contributed by atoms with Crippen LogP contribution >= 0.6 is 11.8 Å². The molecule has 0 atom stereocenters. The van der Waals surface area contributed by atoms with Crippen LogP contribution in [-0.4, -0.2) is 29.6 Å². The average Bonchev–Trinajstić information content (AvgIpc) is 3.45. The number of benzene rings is 1. The Morgan fingerprint density at radius 3 is 2.67 bits per heavy atom. The van der Waals surface area contributed by atoms with Crippen molar-refractivity contribution in [2.24, 2.45) is 5.92 Å². The fourth-order valence-corrected chi connectivity index (χ4v) is 4.20. The van der Waals surface area contributed by atoms with E-state index in [4.69, 9.17) is 5.73 Å². The molecular formula is C20H23FN4OS. The number of alkyl halides is 1. The maximum Gasteiger partial charge on any atom is 0.224 e. The third-order valence-electron chi connectivity index (χ3n) is 5.07. The van der Waals surface area contributed by atoms with Crippen LogP contribution in [0.1, 0.15) is 26.2 Å². The van der Waals surface area contributed by atoms with E-state index >= 15 is 0 Å². The Bertz CT molecular complexity index is 848. The van der Waals surface area contributed by atoms with Gasteiger partial charge in [0.1, 0.15) is 16.5 Å². The molecule has 142 valence electrons. The molecule has 1 aromatic carbocycles. The van der Waals surface area contributed by atoms with Crippen molar-refractivity contribution in [2.75, 3.05) is 29.0 Å². The topological polar surface area (TPSA) is 71.2 Å². The summed E-state index contributed by atoms with van der Waals surface area (Å²) >= 11 is 1.50. The summed E-state index contributed by atoms with van der Waals surface area (Å²) in [5, 5.41) is 3.60. The minimum atomic E-state index is -1.02. The number of nitrogens with two attached hydrogens (primary N) is 1. The van der Waals surface area contributed by atoms with E-state index < -0.39 is 5.67 Å². The standard InChI is InChI=1S/C20H23FN4OS/c1-2-18(26)23-14-5-7-16(8-6-14)27-19-10-15(9-17(22)24-19)25-11-20(21,12-25)13-3-4-13/h5-10,13H,2-4,11-12H2,1H3,(H2,22,24)(H,23,26). The van der Waals surface area contributed by atoms with E-state index in [-0.39, 0.29) is 11.8 Å². The van der Waals surface area contributed by atoms with Gasteiger partial charge in [0.05, 0.1) is 13.1 Å². The summed E-state index contributed by atoms with van der Waals surface area (Å²) in [5.74, 6) is 0.667. The Morgan fingerprint density at radius 1 is 1.33 bits per heavy atom. The number of amides is 1. The number of nitrogen functional groups attached to an aromatic ring is 1. The normalized spacial score (nSPS) is 18.1. The smallest absolute Gasteiger partial charge is 0.224 e. The number of aromatic nitrogens is 1. The summed E-state index contributed by atoms with van der Waals surface area (Å²) in [6, 6.07) is 11.4. The van der Waals surface area contributed by atoms with Crippen molar-refractivity contribution in [2.45, 2.75) is 41.8 Å². The van der Waals surface area contributed by atoms with Crippen molar-refractivity contribution < 1.29 is 9.18 Å². The molecule has 5 nitrogen and oxygen atoms in total. The van der Waals surface area contributed by atoms with Gasteiger partial charge in [0.25, 0.3) is 0 Å². The molecule has 1 saturated heterocycles. The molecule has 27 heavy (non-hydrogen) atoms. The van der Waals surface area contributed by atoms with E-state index in [0.717, 1.165) is 34.1 Å². The van der Waals surface area contributed by atoms with Crippen LogP contribution in [0.25, 0.3) is 0 Å². The maximum atomic E-state index is 14.6. The van der Waals surface area contributed by atoms with E-state index in [1.807, 2.05) is 42.2 Å². The molecule has 2 heterocycles. The molecule has 4 rings (SSSR count). The quantitative estimate of drug-likeness (QED) is 0.782. The molecule has 2 fully saturated rings. The van der Waals surface area contributed by atoms with E-state index in [2.05, 4.69) is 10.3 Å². The number of anilines is 3. The molecule has 2 aliphatic rings. The lowest BCUT2D eigenvalue weighted by Crippen LogP contribution is -2.60. The molecule has 0 bridgehead atoms. The summed E-state index contributed by atoms with van der Waals surface area (Å²) in [4.78, 5) is 18.9. The highest BCUT2D eigenvalue weighted by molar-refractivity contribution is 7.99. The highest BCUT2D eigenvalue weighted by atomic mass is 32.2. The van der Waals surface area contributed by atoms with Crippen LogP contribution in [0.4, 0.5) is 21.6 Å². The molecule has 1 aliphatic carbocycles. The van der Waals surface area contributed by atoms with Crippen LogP contribution in [0.2, 0.25) is 0 Å². The number of halogens is 1. The van der Waals surface area contributed by atoms with Crippen molar-refractivity contribution in [3.63, 3.8) is 0 Å².